The summed E-state index contributed by atoms with van der Waals surface area (Å²) >= 11 is 0. The molecule has 0 radical (unpaired) electrons. The topological polar surface area (TPSA) is 36.9 Å². The molecule has 0 amide bonds. The second kappa shape index (κ2) is 9.05. The zero-order chi connectivity index (χ0) is 13.2. The predicted molar refractivity (Wildman–Crippen MR) is 70.6 cm³/mol. The summed E-state index contributed by atoms with van der Waals surface area (Å²) in [6.07, 6.45) is 4.68. The van der Waals surface area contributed by atoms with E-state index in [4.69, 9.17) is 18.9 Å². The molecule has 1 fully saturated rings. The van der Waals surface area contributed by atoms with Crippen LogP contribution in [0.2, 0.25) is 0 Å². The molecule has 1 aliphatic heterocycles. The largest absolute Gasteiger partial charge is 0.376 e. The van der Waals surface area contributed by atoms with Crippen molar-refractivity contribution in [2.45, 2.75) is 18.3 Å². The van der Waals surface area contributed by atoms with E-state index >= 15 is 0 Å². The molecule has 0 aromatic carbocycles. The lowest BCUT2D eigenvalue weighted by Crippen LogP contribution is -2.51. The maximum absolute atomic E-state index is 5.73. The summed E-state index contributed by atoms with van der Waals surface area (Å²) in [5, 5.41) is 0. The van der Waals surface area contributed by atoms with Gasteiger partial charge in [-0.3, -0.25) is 0 Å². The van der Waals surface area contributed by atoms with Crippen LogP contribution in [0.15, 0.2) is 38.0 Å². The molecule has 1 saturated heterocycles. The van der Waals surface area contributed by atoms with Gasteiger partial charge in [-0.1, -0.05) is 18.2 Å². The third kappa shape index (κ3) is 4.74. The van der Waals surface area contributed by atoms with Crippen LogP contribution >= 0.6 is 0 Å². The Labute approximate surface area is 109 Å². The van der Waals surface area contributed by atoms with Crippen LogP contribution in [0, 0.1) is 0 Å². The smallest absolute Gasteiger partial charge is 0.115 e. The van der Waals surface area contributed by atoms with Crippen molar-refractivity contribution in [2.75, 3.05) is 33.0 Å². The normalized spacial score (nSPS) is 27.7. The SMILES string of the molecule is C=CCOC1COCC(OCC=C)C1OCC=C. The molecule has 4 heteroatoms. The van der Waals surface area contributed by atoms with E-state index in [1.54, 1.807) is 18.2 Å². The van der Waals surface area contributed by atoms with Gasteiger partial charge < -0.3 is 18.9 Å². The van der Waals surface area contributed by atoms with Crippen LogP contribution in [0.25, 0.3) is 0 Å². The third-order valence-electron chi connectivity index (χ3n) is 2.56. The molecule has 0 spiro atoms. The van der Waals surface area contributed by atoms with E-state index in [0.717, 1.165) is 0 Å². The van der Waals surface area contributed by atoms with E-state index in [0.29, 0.717) is 33.0 Å². The molecule has 4 nitrogen and oxygen atoms in total. The van der Waals surface area contributed by atoms with Crippen molar-refractivity contribution in [3.63, 3.8) is 0 Å². The van der Waals surface area contributed by atoms with Crippen LogP contribution in [0.5, 0.6) is 0 Å². The first-order chi connectivity index (χ1) is 8.83. The first-order valence-corrected chi connectivity index (χ1v) is 6.08. The molecule has 1 heterocycles. The number of hydrogen-bond donors (Lipinski definition) is 0. The Hall–Kier alpha value is -0.940. The summed E-state index contributed by atoms with van der Waals surface area (Å²) in [5.41, 5.74) is 0. The molecular formula is C14H22O4. The van der Waals surface area contributed by atoms with Gasteiger partial charge in [0, 0.05) is 0 Å². The number of ether oxygens (including phenoxy) is 4. The zero-order valence-corrected chi connectivity index (χ0v) is 10.8. The fourth-order valence-electron chi connectivity index (χ4n) is 1.79. The second-order valence-corrected chi connectivity index (χ2v) is 3.95. The molecule has 0 bridgehead atoms. The Bertz CT molecular complexity index is 245. The highest BCUT2D eigenvalue weighted by atomic mass is 16.6. The van der Waals surface area contributed by atoms with Gasteiger partial charge in [-0.05, 0) is 0 Å². The molecule has 0 aromatic heterocycles. The maximum atomic E-state index is 5.73. The van der Waals surface area contributed by atoms with Gasteiger partial charge in [0.2, 0.25) is 0 Å². The van der Waals surface area contributed by atoms with Gasteiger partial charge in [-0.25, -0.2) is 0 Å². The minimum absolute atomic E-state index is 0.147. The zero-order valence-electron chi connectivity index (χ0n) is 10.8. The monoisotopic (exact) mass is 254 g/mol. The Morgan fingerprint density at radius 3 is 1.72 bits per heavy atom. The molecule has 1 aliphatic rings. The van der Waals surface area contributed by atoms with Gasteiger partial charge in [-0.2, -0.15) is 0 Å². The predicted octanol–water partition coefficient (Wildman–Crippen LogP) is 1.73. The standard InChI is InChI=1S/C14H22O4/c1-4-7-16-12-10-15-11-13(17-8-5-2)14(12)18-9-6-3/h4-6,12-14H,1-3,7-11H2. The molecule has 2 atom stereocenters. The van der Waals surface area contributed by atoms with Gasteiger partial charge in [0.15, 0.2) is 0 Å². The quantitative estimate of drug-likeness (QED) is 0.587. The van der Waals surface area contributed by atoms with E-state index < -0.39 is 0 Å². The van der Waals surface area contributed by atoms with Gasteiger partial charge in [0.1, 0.15) is 18.3 Å². The van der Waals surface area contributed by atoms with Crippen LogP contribution < -0.4 is 0 Å². The first kappa shape index (κ1) is 15.1. The summed E-state index contributed by atoms with van der Waals surface area (Å²) in [6.45, 7) is 13.3. The number of rotatable bonds is 9. The summed E-state index contributed by atoms with van der Waals surface area (Å²) in [6, 6.07) is 0. The molecule has 0 aliphatic carbocycles. The molecule has 2 unspecified atom stereocenters. The molecule has 0 N–H and O–H groups in total. The van der Waals surface area contributed by atoms with E-state index in [-0.39, 0.29) is 18.3 Å². The lowest BCUT2D eigenvalue weighted by atomic mass is 10.1. The van der Waals surface area contributed by atoms with E-state index in [9.17, 15) is 0 Å². The Morgan fingerprint density at radius 1 is 0.833 bits per heavy atom. The fourth-order valence-corrected chi connectivity index (χ4v) is 1.79. The summed E-state index contributed by atoms with van der Waals surface area (Å²) in [4.78, 5) is 0. The average Bonchev–Trinajstić information content (AvgIpc) is 2.41. The summed E-state index contributed by atoms with van der Waals surface area (Å²) in [7, 11) is 0. The Morgan fingerprint density at radius 2 is 1.28 bits per heavy atom. The second-order valence-electron chi connectivity index (χ2n) is 3.95. The molecular weight excluding hydrogens is 232 g/mol. The molecule has 102 valence electrons. The molecule has 18 heavy (non-hydrogen) atoms. The lowest BCUT2D eigenvalue weighted by Gasteiger charge is -2.36. The van der Waals surface area contributed by atoms with Gasteiger partial charge in [0.05, 0.1) is 33.0 Å². The minimum Gasteiger partial charge on any atom is -0.376 e. The number of hydrogen-bond acceptors (Lipinski definition) is 4. The van der Waals surface area contributed by atoms with E-state index in [1.165, 1.54) is 0 Å². The first-order valence-electron chi connectivity index (χ1n) is 6.08. The molecule has 1 rings (SSSR count). The van der Waals surface area contributed by atoms with E-state index in [1.807, 2.05) is 0 Å². The highest BCUT2D eigenvalue weighted by Crippen LogP contribution is 2.18. The molecule has 0 aromatic rings. The molecule has 0 saturated carbocycles. The van der Waals surface area contributed by atoms with E-state index in [2.05, 4.69) is 19.7 Å². The van der Waals surface area contributed by atoms with Crippen LogP contribution in [-0.4, -0.2) is 51.3 Å². The lowest BCUT2D eigenvalue weighted by molar-refractivity contribution is -0.194. The van der Waals surface area contributed by atoms with Crippen molar-refractivity contribution in [1.29, 1.82) is 0 Å². The van der Waals surface area contributed by atoms with Crippen LogP contribution in [0.1, 0.15) is 0 Å². The average molecular weight is 254 g/mol. The van der Waals surface area contributed by atoms with Gasteiger partial charge >= 0.3 is 0 Å². The van der Waals surface area contributed by atoms with Crippen LogP contribution in [0.3, 0.4) is 0 Å². The van der Waals surface area contributed by atoms with Crippen molar-refractivity contribution >= 4 is 0 Å². The maximum Gasteiger partial charge on any atom is 0.115 e. The third-order valence-corrected chi connectivity index (χ3v) is 2.56. The van der Waals surface area contributed by atoms with Crippen molar-refractivity contribution in [3.05, 3.63) is 38.0 Å². The van der Waals surface area contributed by atoms with Crippen molar-refractivity contribution < 1.29 is 18.9 Å². The highest BCUT2D eigenvalue weighted by Gasteiger charge is 2.36. The van der Waals surface area contributed by atoms with Crippen molar-refractivity contribution in [3.8, 4) is 0 Å². The fraction of sp³-hybridized carbons (Fsp3) is 0.571. The summed E-state index contributed by atoms with van der Waals surface area (Å²) < 4.78 is 22.5. The van der Waals surface area contributed by atoms with Crippen molar-refractivity contribution in [2.24, 2.45) is 0 Å². The van der Waals surface area contributed by atoms with Crippen LogP contribution in [0.4, 0.5) is 0 Å². The van der Waals surface area contributed by atoms with Gasteiger partial charge in [-0.15, -0.1) is 19.7 Å². The summed E-state index contributed by atoms with van der Waals surface area (Å²) in [5.74, 6) is 0. The van der Waals surface area contributed by atoms with Gasteiger partial charge in [0.25, 0.3) is 0 Å². The Kier molecular flexibility index (Phi) is 7.60. The Balaban J connectivity index is 2.58. The van der Waals surface area contributed by atoms with Crippen LogP contribution in [-0.2, 0) is 18.9 Å². The van der Waals surface area contributed by atoms with Crippen molar-refractivity contribution in [1.82, 2.24) is 0 Å². The minimum atomic E-state index is -0.156. The highest BCUT2D eigenvalue weighted by molar-refractivity contribution is 4.86.